The van der Waals surface area contributed by atoms with Gasteiger partial charge in [-0.2, -0.15) is 0 Å². The summed E-state index contributed by atoms with van der Waals surface area (Å²) in [6.45, 7) is 0. The van der Waals surface area contributed by atoms with Crippen molar-refractivity contribution in [3.63, 3.8) is 0 Å². The molecule has 0 amide bonds. The van der Waals surface area contributed by atoms with Gasteiger partial charge in [-0.3, -0.25) is 9.71 Å². The molecule has 20 heavy (non-hydrogen) atoms. The molecule has 2 aromatic heterocycles. The molecule has 6 nitrogen and oxygen atoms in total. The molecule has 2 aromatic rings. The van der Waals surface area contributed by atoms with E-state index < -0.39 is 10.0 Å². The maximum Gasteiger partial charge on any atom is 0.234 e. The molecular weight excluding hydrogens is 344 g/mol. The smallest absolute Gasteiger partial charge is 0.234 e. The molecule has 0 radical (unpaired) electrons. The summed E-state index contributed by atoms with van der Waals surface area (Å²) in [5.41, 5.74) is 6.92. The van der Waals surface area contributed by atoms with Crippen LogP contribution in [0.3, 0.4) is 0 Å². The van der Waals surface area contributed by atoms with E-state index in [1.54, 1.807) is 30.6 Å². The van der Waals surface area contributed by atoms with Crippen molar-refractivity contribution in [3.05, 3.63) is 46.8 Å². The summed E-state index contributed by atoms with van der Waals surface area (Å²) in [4.78, 5) is 7.83. The first-order valence-electron chi connectivity index (χ1n) is 5.77. The molecule has 106 valence electrons. The van der Waals surface area contributed by atoms with Gasteiger partial charge in [0.25, 0.3) is 0 Å². The molecule has 0 saturated carbocycles. The molecule has 2 heterocycles. The number of sulfonamides is 1. The van der Waals surface area contributed by atoms with E-state index in [1.165, 1.54) is 6.20 Å². The third kappa shape index (κ3) is 4.17. The van der Waals surface area contributed by atoms with Crippen LogP contribution in [0.2, 0.25) is 0 Å². The van der Waals surface area contributed by atoms with Gasteiger partial charge in [0.2, 0.25) is 10.0 Å². The summed E-state index contributed by atoms with van der Waals surface area (Å²) in [5.74, 6) is 0.198. The van der Waals surface area contributed by atoms with Crippen LogP contribution in [0.1, 0.15) is 5.56 Å². The van der Waals surface area contributed by atoms with Gasteiger partial charge in [0, 0.05) is 12.4 Å². The molecule has 8 heteroatoms. The number of aryl methyl sites for hydroxylation is 1. The quantitative estimate of drug-likeness (QED) is 0.850. The fraction of sp³-hybridized carbons (Fsp3) is 0.167. The first-order valence-corrected chi connectivity index (χ1v) is 8.21. The Labute approximate surface area is 125 Å². The highest BCUT2D eigenvalue weighted by molar-refractivity contribution is 9.10. The number of nitrogens with zero attached hydrogens (tertiary/aromatic N) is 2. The van der Waals surface area contributed by atoms with Crippen molar-refractivity contribution < 1.29 is 8.42 Å². The zero-order chi connectivity index (χ0) is 14.6. The van der Waals surface area contributed by atoms with Crippen molar-refractivity contribution >= 4 is 37.5 Å². The summed E-state index contributed by atoms with van der Waals surface area (Å²) in [7, 11) is -3.47. The SMILES string of the molecule is Nc1cnc(NS(=O)(=O)CCc2ccncc2)c(Br)c1. The van der Waals surface area contributed by atoms with Crippen LogP contribution in [0.15, 0.2) is 41.3 Å². The van der Waals surface area contributed by atoms with E-state index in [0.29, 0.717) is 16.6 Å². The number of nitrogens with two attached hydrogens (primary N) is 1. The third-order valence-electron chi connectivity index (χ3n) is 2.52. The van der Waals surface area contributed by atoms with Crippen molar-refractivity contribution in [2.75, 3.05) is 16.2 Å². The zero-order valence-corrected chi connectivity index (χ0v) is 12.9. The number of hydrogen-bond acceptors (Lipinski definition) is 5. The Kier molecular flexibility index (Phi) is 4.56. The van der Waals surface area contributed by atoms with Gasteiger partial charge in [-0.15, -0.1) is 0 Å². The van der Waals surface area contributed by atoms with Crippen LogP contribution in [0.5, 0.6) is 0 Å². The van der Waals surface area contributed by atoms with E-state index in [4.69, 9.17) is 5.73 Å². The van der Waals surface area contributed by atoms with Crippen molar-refractivity contribution in [1.82, 2.24) is 9.97 Å². The van der Waals surface area contributed by atoms with Crippen LogP contribution in [0.25, 0.3) is 0 Å². The van der Waals surface area contributed by atoms with Crippen molar-refractivity contribution in [2.24, 2.45) is 0 Å². The lowest BCUT2D eigenvalue weighted by Gasteiger charge is -2.09. The van der Waals surface area contributed by atoms with Gasteiger partial charge in [0.05, 0.1) is 22.1 Å². The number of anilines is 2. The van der Waals surface area contributed by atoms with Crippen LogP contribution in [0, 0.1) is 0 Å². The molecule has 0 aliphatic rings. The second-order valence-corrected chi connectivity index (χ2v) is 6.82. The molecule has 0 fully saturated rings. The van der Waals surface area contributed by atoms with Gasteiger partial charge >= 0.3 is 0 Å². The first-order chi connectivity index (χ1) is 9.46. The van der Waals surface area contributed by atoms with Crippen molar-refractivity contribution in [2.45, 2.75) is 6.42 Å². The molecule has 0 aliphatic carbocycles. The normalized spacial score (nSPS) is 11.2. The fourth-order valence-corrected chi connectivity index (χ4v) is 3.19. The summed E-state index contributed by atoms with van der Waals surface area (Å²) in [6, 6.07) is 5.16. The second-order valence-electron chi connectivity index (χ2n) is 4.13. The minimum atomic E-state index is -3.47. The van der Waals surface area contributed by atoms with Crippen LogP contribution in [0.4, 0.5) is 11.5 Å². The maximum absolute atomic E-state index is 12.0. The molecule has 0 unspecified atom stereocenters. The number of pyridine rings is 2. The highest BCUT2D eigenvalue weighted by atomic mass is 79.9. The molecule has 0 aliphatic heterocycles. The summed E-state index contributed by atoms with van der Waals surface area (Å²) < 4.78 is 26.9. The minimum Gasteiger partial charge on any atom is -0.397 e. The average Bonchev–Trinajstić information content (AvgIpc) is 2.41. The Bertz CT molecular complexity index is 692. The molecule has 0 atom stereocenters. The van der Waals surface area contributed by atoms with Gasteiger partial charge in [-0.1, -0.05) is 0 Å². The van der Waals surface area contributed by atoms with Gasteiger partial charge in [0.15, 0.2) is 5.82 Å². The molecular formula is C12H13BrN4O2S. The van der Waals surface area contributed by atoms with Crippen LogP contribution >= 0.6 is 15.9 Å². The monoisotopic (exact) mass is 356 g/mol. The van der Waals surface area contributed by atoms with Gasteiger partial charge in [-0.25, -0.2) is 13.4 Å². The number of halogens is 1. The predicted octanol–water partition coefficient (Wildman–Crippen LogP) is 1.81. The zero-order valence-electron chi connectivity index (χ0n) is 10.5. The second kappa shape index (κ2) is 6.19. The number of rotatable bonds is 5. The van der Waals surface area contributed by atoms with Crippen LogP contribution in [-0.4, -0.2) is 24.1 Å². The van der Waals surface area contributed by atoms with E-state index >= 15 is 0 Å². The fourth-order valence-electron chi connectivity index (χ4n) is 1.53. The average molecular weight is 357 g/mol. The van der Waals surface area contributed by atoms with Gasteiger partial charge < -0.3 is 5.73 Å². The maximum atomic E-state index is 12.0. The lowest BCUT2D eigenvalue weighted by molar-refractivity contribution is 0.600. The third-order valence-corrected chi connectivity index (χ3v) is 4.37. The lowest BCUT2D eigenvalue weighted by atomic mass is 10.2. The Balaban J connectivity index is 2.04. The Morgan fingerprint density at radius 3 is 2.65 bits per heavy atom. The summed E-state index contributed by atoms with van der Waals surface area (Å²) >= 11 is 3.22. The van der Waals surface area contributed by atoms with Crippen LogP contribution in [-0.2, 0) is 16.4 Å². The highest BCUT2D eigenvalue weighted by Gasteiger charge is 2.13. The topological polar surface area (TPSA) is 98.0 Å². The van der Waals surface area contributed by atoms with Gasteiger partial charge in [0.1, 0.15) is 0 Å². The first kappa shape index (κ1) is 14.7. The number of hydrogen-bond donors (Lipinski definition) is 2. The highest BCUT2D eigenvalue weighted by Crippen LogP contribution is 2.22. The lowest BCUT2D eigenvalue weighted by Crippen LogP contribution is -2.19. The largest absolute Gasteiger partial charge is 0.397 e. The molecule has 3 N–H and O–H groups in total. The van der Waals surface area contributed by atoms with E-state index in [9.17, 15) is 8.42 Å². The van der Waals surface area contributed by atoms with Crippen molar-refractivity contribution in [3.8, 4) is 0 Å². The molecule has 0 aromatic carbocycles. The molecule has 0 bridgehead atoms. The van der Waals surface area contributed by atoms with E-state index in [1.807, 2.05) is 0 Å². The molecule has 0 spiro atoms. The number of nitrogen functional groups attached to an aromatic ring is 1. The number of nitrogens with one attached hydrogen (secondary N) is 1. The van der Waals surface area contributed by atoms with Gasteiger partial charge in [-0.05, 0) is 46.1 Å². The molecule has 0 saturated heterocycles. The van der Waals surface area contributed by atoms with Crippen LogP contribution < -0.4 is 10.5 Å². The Hall–Kier alpha value is -1.67. The summed E-state index contributed by atoms with van der Waals surface area (Å²) in [6.07, 6.45) is 5.07. The minimum absolute atomic E-state index is 0.0322. The number of aromatic nitrogens is 2. The molecule has 2 rings (SSSR count). The summed E-state index contributed by atoms with van der Waals surface area (Å²) in [5, 5.41) is 0. The standard InChI is InChI=1S/C12H13BrN4O2S/c13-11-7-10(14)8-16-12(11)17-20(18,19)6-3-9-1-4-15-5-2-9/h1-2,4-5,7-8H,3,6,14H2,(H,16,17). The predicted molar refractivity (Wildman–Crippen MR) is 81.7 cm³/mol. The Morgan fingerprint density at radius 1 is 1.30 bits per heavy atom. The van der Waals surface area contributed by atoms with E-state index in [-0.39, 0.29) is 11.6 Å². The van der Waals surface area contributed by atoms with E-state index in [0.717, 1.165) is 5.56 Å². The Morgan fingerprint density at radius 2 is 2.00 bits per heavy atom. The van der Waals surface area contributed by atoms with E-state index in [2.05, 4.69) is 30.6 Å². The van der Waals surface area contributed by atoms with Crippen molar-refractivity contribution in [1.29, 1.82) is 0 Å².